The highest BCUT2D eigenvalue weighted by Crippen LogP contribution is 2.43. The van der Waals surface area contributed by atoms with Gasteiger partial charge in [-0.3, -0.25) is 23.4 Å². The van der Waals surface area contributed by atoms with E-state index in [-0.39, 0.29) is 57.3 Å². The number of likely N-dealkylation sites (N-methyl/N-ethyl adjacent to an activating group) is 1. The fraction of sp³-hybridized carbons (Fsp3) is 0.836. The van der Waals surface area contributed by atoms with Crippen LogP contribution < -0.4 is 10.6 Å². The van der Waals surface area contributed by atoms with Crippen LogP contribution in [0, 0.1) is 5.92 Å². The van der Waals surface area contributed by atoms with Gasteiger partial charge in [-0.25, -0.2) is 4.57 Å². The van der Waals surface area contributed by atoms with Gasteiger partial charge in [-0.05, 0) is 44.2 Å². The number of ketones is 1. The van der Waals surface area contributed by atoms with E-state index in [9.17, 15) is 39.2 Å². The predicted octanol–water partition coefficient (Wildman–Crippen LogP) is 9.76. The fourth-order valence-corrected chi connectivity index (χ4v) is 10.0. The van der Waals surface area contributed by atoms with E-state index in [2.05, 4.69) is 24.5 Å². The third-order valence-electron chi connectivity index (χ3n) is 13.5. The highest BCUT2D eigenvalue weighted by Gasteiger charge is 2.50. The van der Waals surface area contributed by atoms with Gasteiger partial charge in [0.15, 0.2) is 6.10 Å². The number of carbonyl (C=O) groups is 3. The number of phosphoric acid groups is 1. The number of Topliss-reactive ketones (excluding diaryl/α,β-unsaturated/α-hetero) is 1. The molecule has 422 valence electrons. The Hall–Kier alpha value is -2.28. The molecule has 0 aromatic heterocycles. The summed E-state index contributed by atoms with van der Waals surface area (Å²) in [6.45, 7) is 6.51. The average molecular weight is 1060 g/mol. The Kier molecular flexibility index (Phi) is 38.3. The first-order chi connectivity index (χ1) is 35.2. The summed E-state index contributed by atoms with van der Waals surface area (Å²) in [6.07, 6.45) is 20.7. The minimum absolute atomic E-state index is 0.0134. The number of ether oxygens (including phenoxy) is 2. The Morgan fingerprint density at radius 2 is 1.22 bits per heavy atom. The van der Waals surface area contributed by atoms with Crippen molar-refractivity contribution in [2.45, 2.75) is 243 Å². The number of aliphatic hydroxyl groups excluding tert-OH is 3. The largest absolute Gasteiger partial charge is 0.472 e. The van der Waals surface area contributed by atoms with Crippen LogP contribution in [0.25, 0.3) is 0 Å². The number of aliphatic hydroxyl groups is 3. The lowest BCUT2D eigenvalue weighted by Crippen LogP contribution is -2.47. The van der Waals surface area contributed by atoms with Crippen molar-refractivity contribution in [1.29, 1.82) is 0 Å². The lowest BCUT2D eigenvalue weighted by molar-refractivity contribution is -0.161. The Morgan fingerprint density at radius 1 is 0.712 bits per heavy atom. The van der Waals surface area contributed by atoms with E-state index in [4.69, 9.17) is 27.8 Å². The van der Waals surface area contributed by atoms with E-state index >= 15 is 0 Å². The van der Waals surface area contributed by atoms with Crippen LogP contribution >= 0.6 is 7.82 Å². The summed E-state index contributed by atoms with van der Waals surface area (Å²) < 4.78 is 46.9. The van der Waals surface area contributed by atoms with E-state index in [0.29, 0.717) is 25.7 Å². The molecule has 1 fully saturated rings. The van der Waals surface area contributed by atoms with Crippen LogP contribution in [0.15, 0.2) is 30.3 Å². The van der Waals surface area contributed by atoms with Crippen molar-refractivity contribution in [3.8, 4) is 0 Å². The second-order valence-corrected chi connectivity index (χ2v) is 22.1. The van der Waals surface area contributed by atoms with Gasteiger partial charge in [0.2, 0.25) is 0 Å². The molecule has 1 aromatic carbocycles. The summed E-state index contributed by atoms with van der Waals surface area (Å²) in [7, 11) is -3.89. The number of benzene rings is 1. The molecule has 1 aliphatic heterocycles. The Labute approximate surface area is 440 Å². The van der Waals surface area contributed by atoms with Crippen LogP contribution in [0.4, 0.5) is 0 Å². The normalized spacial score (nSPS) is 17.8. The molecule has 73 heavy (non-hydrogen) atoms. The maximum atomic E-state index is 13.6. The molecule has 8 atom stereocenters. The Balaban J connectivity index is 1.88. The first kappa shape index (κ1) is 66.8. The molecule has 0 saturated carbocycles. The maximum Gasteiger partial charge on any atom is 0.472 e. The summed E-state index contributed by atoms with van der Waals surface area (Å²) in [5.41, 5.74) is 1.02. The summed E-state index contributed by atoms with van der Waals surface area (Å²) in [6, 6.07) is 9.26. The van der Waals surface area contributed by atoms with E-state index in [1.807, 2.05) is 44.2 Å². The highest BCUT2D eigenvalue weighted by molar-refractivity contribution is 7.47. The first-order valence-electron chi connectivity index (χ1n) is 28.4. The number of hydrogen-bond donors (Lipinski definition) is 6. The van der Waals surface area contributed by atoms with E-state index < -0.39 is 82.5 Å². The van der Waals surface area contributed by atoms with Crippen molar-refractivity contribution < 1.29 is 67.0 Å². The number of phosphoric ester groups is 1. The van der Waals surface area contributed by atoms with Gasteiger partial charge in [0.25, 0.3) is 0 Å². The van der Waals surface area contributed by atoms with Crippen LogP contribution in [0.5, 0.6) is 0 Å². The molecule has 2 rings (SSSR count). The third-order valence-corrected chi connectivity index (χ3v) is 14.5. The highest BCUT2D eigenvalue weighted by atomic mass is 31.2. The first-order valence-corrected chi connectivity index (χ1v) is 29.9. The minimum atomic E-state index is -4.68. The molecule has 6 N–H and O–H groups in total. The van der Waals surface area contributed by atoms with Crippen molar-refractivity contribution in [3.05, 3.63) is 35.9 Å². The number of esters is 2. The van der Waals surface area contributed by atoms with Gasteiger partial charge in [0.1, 0.15) is 18.5 Å². The molecule has 1 saturated heterocycles. The summed E-state index contributed by atoms with van der Waals surface area (Å²) >= 11 is 0. The molecule has 1 aliphatic rings. The van der Waals surface area contributed by atoms with Gasteiger partial charge < -0.3 is 49.6 Å². The molecule has 0 radical (unpaired) electrons. The molecule has 1 heterocycles. The van der Waals surface area contributed by atoms with Crippen LogP contribution in [0.3, 0.4) is 0 Å². The molecule has 0 aliphatic carbocycles. The van der Waals surface area contributed by atoms with E-state index in [0.717, 1.165) is 44.1 Å². The molecule has 0 spiro atoms. The van der Waals surface area contributed by atoms with Gasteiger partial charge in [-0.15, -0.1) is 0 Å². The lowest BCUT2D eigenvalue weighted by atomic mass is 9.65. The molecular weight excluding hydrogens is 954 g/mol. The zero-order valence-corrected chi connectivity index (χ0v) is 46.6. The van der Waals surface area contributed by atoms with Gasteiger partial charge >= 0.3 is 26.9 Å². The van der Waals surface area contributed by atoms with Crippen molar-refractivity contribution in [1.82, 2.24) is 10.6 Å². The molecule has 0 amide bonds. The number of nitrogens with one attached hydrogen (secondary N) is 2. The average Bonchev–Trinajstić information content (AvgIpc) is 3.83. The van der Waals surface area contributed by atoms with Crippen LogP contribution in [0.1, 0.15) is 200 Å². The molecular formula is C55H100BN2O14P. The van der Waals surface area contributed by atoms with Crippen molar-refractivity contribution in [3.63, 3.8) is 0 Å². The molecule has 16 nitrogen and oxygen atoms in total. The second kappa shape index (κ2) is 41.8. The quantitative estimate of drug-likeness (QED) is 0.0154. The van der Waals surface area contributed by atoms with Crippen LogP contribution in [-0.2, 0) is 53.2 Å². The molecule has 1 aromatic rings. The van der Waals surface area contributed by atoms with E-state index in [1.165, 1.54) is 89.9 Å². The van der Waals surface area contributed by atoms with Gasteiger partial charge in [0.05, 0.1) is 44.2 Å². The lowest BCUT2D eigenvalue weighted by Gasteiger charge is -2.26. The van der Waals surface area contributed by atoms with Crippen LogP contribution in [0.2, 0.25) is 5.82 Å². The Morgan fingerprint density at radius 3 is 1.73 bits per heavy atom. The smallest absolute Gasteiger partial charge is 0.462 e. The number of unbranched alkanes of at least 4 members (excludes halogenated alkanes) is 20. The molecule has 4 unspecified atom stereocenters. The van der Waals surface area contributed by atoms with Crippen LogP contribution in [-0.4, -0.2) is 128 Å². The zero-order chi connectivity index (χ0) is 53.5. The number of rotatable bonds is 48. The van der Waals surface area contributed by atoms with Crippen molar-refractivity contribution in [2.24, 2.45) is 5.92 Å². The Bertz CT molecular complexity index is 1600. The van der Waals surface area contributed by atoms with Gasteiger partial charge in [-0.1, -0.05) is 186 Å². The van der Waals surface area contributed by atoms with Gasteiger partial charge in [-0.2, -0.15) is 0 Å². The summed E-state index contributed by atoms with van der Waals surface area (Å²) in [4.78, 5) is 49.8. The van der Waals surface area contributed by atoms with Gasteiger partial charge in [0, 0.05) is 38.2 Å². The topological polar surface area (TPSA) is 229 Å². The zero-order valence-electron chi connectivity index (χ0n) is 45.7. The van der Waals surface area contributed by atoms with Crippen molar-refractivity contribution in [2.75, 3.05) is 46.6 Å². The standard InChI is InChI=1S/C55H100BN2O14P/c1-6-8-10-12-14-16-18-19-21-23-25-30-34-53(64)70-47(42-67-52(63)33-29-24-22-20-17-15-13-11-9-7-2)43-69-73(65,66)68-36-35-58-40-50(61)54-55(51(62)41-59)72-56(71-54)46(37-44(3)4)39-49(60)48(57-5)38-45-31-27-26-28-32-45/h26-28,31-32,44,46-48,50-51,54-55,57-59,61-62H,6-25,29-30,33-43H2,1-5H3,(H,65,66)/t46-,47?,48+,50?,51?,54-,55-/m1/s1. The SMILES string of the molecule is CCCCCCCCCCCCCCC(=O)OC(COC(=O)CCCCCCCCCCCC)COP(=O)(O)OCCNCC(O)[C@H]1OB([C@@H](CC(=O)[C@H](Cc2ccccc2)NC)CC(C)C)O[C@@H]1C(O)CO. The summed E-state index contributed by atoms with van der Waals surface area (Å²) in [5.74, 6) is -1.22. The fourth-order valence-electron chi connectivity index (χ4n) is 9.27. The maximum absolute atomic E-state index is 13.6. The van der Waals surface area contributed by atoms with Crippen molar-refractivity contribution >= 4 is 32.7 Å². The monoisotopic (exact) mass is 1050 g/mol. The predicted molar refractivity (Wildman–Crippen MR) is 288 cm³/mol. The summed E-state index contributed by atoms with van der Waals surface area (Å²) in [5, 5.41) is 37.9. The number of carbonyl (C=O) groups excluding carboxylic acids is 3. The number of hydrogen-bond acceptors (Lipinski definition) is 15. The minimum Gasteiger partial charge on any atom is -0.462 e. The third kappa shape index (κ3) is 32.2. The second-order valence-electron chi connectivity index (χ2n) is 20.6. The van der Waals surface area contributed by atoms with E-state index in [1.54, 1.807) is 7.05 Å². The molecule has 18 heteroatoms. The molecule has 0 bridgehead atoms.